The van der Waals surface area contributed by atoms with Crippen molar-refractivity contribution in [2.45, 2.75) is 44.9 Å². The number of carbonyl (C=O) groups is 2. The molecule has 0 bridgehead atoms. The third-order valence-electron chi connectivity index (χ3n) is 5.07. The standard InChI is InChI=1S/C20H18ClF3N6O2S/c1-10(28-17(31)13-8-26-16-4-2-3-5-30(13)16)19-27-9-14(33-19)18(32)29-15-6-11(20(22,23)24)12(21)7-25-15/h6-10H,2-5H2,1H3,(H,28,31)(H,25,29,32)/t10-/m1/s1. The number of hydrogen-bond acceptors (Lipinski definition) is 6. The van der Waals surface area contributed by atoms with Crippen LogP contribution in [0.4, 0.5) is 19.0 Å². The van der Waals surface area contributed by atoms with Crippen molar-refractivity contribution in [1.29, 1.82) is 0 Å². The highest BCUT2D eigenvalue weighted by Gasteiger charge is 2.34. The molecule has 3 aromatic rings. The van der Waals surface area contributed by atoms with E-state index in [4.69, 9.17) is 11.6 Å². The molecule has 0 spiro atoms. The van der Waals surface area contributed by atoms with Gasteiger partial charge in [0.1, 0.15) is 27.2 Å². The lowest BCUT2D eigenvalue weighted by Gasteiger charge is -2.17. The molecule has 4 rings (SSSR count). The Bertz CT molecular complexity index is 1210. The zero-order chi connectivity index (χ0) is 23.8. The van der Waals surface area contributed by atoms with Crippen LogP contribution in [0, 0.1) is 0 Å². The number of amides is 2. The smallest absolute Gasteiger partial charge is 0.342 e. The van der Waals surface area contributed by atoms with Crippen molar-refractivity contribution in [3.05, 3.63) is 56.6 Å². The number of aromatic nitrogens is 4. The normalized spacial score (nSPS) is 14.5. The minimum Gasteiger partial charge on any atom is -0.342 e. The van der Waals surface area contributed by atoms with Gasteiger partial charge in [-0.05, 0) is 25.8 Å². The lowest BCUT2D eigenvalue weighted by atomic mass is 10.1. The van der Waals surface area contributed by atoms with Crippen LogP contribution < -0.4 is 10.6 Å². The van der Waals surface area contributed by atoms with E-state index in [0.29, 0.717) is 16.8 Å². The van der Waals surface area contributed by atoms with Gasteiger partial charge in [0.15, 0.2) is 0 Å². The first-order chi connectivity index (χ1) is 15.6. The van der Waals surface area contributed by atoms with Crippen molar-refractivity contribution in [2.75, 3.05) is 5.32 Å². The Morgan fingerprint density at radius 2 is 1.94 bits per heavy atom. The molecule has 0 aliphatic carbocycles. The number of alkyl halides is 3. The molecular weight excluding hydrogens is 481 g/mol. The molecule has 2 amide bonds. The number of rotatable bonds is 5. The highest BCUT2D eigenvalue weighted by atomic mass is 35.5. The van der Waals surface area contributed by atoms with Gasteiger partial charge in [-0.2, -0.15) is 13.2 Å². The van der Waals surface area contributed by atoms with Gasteiger partial charge in [-0.15, -0.1) is 11.3 Å². The quantitative estimate of drug-likeness (QED) is 0.540. The molecule has 1 aliphatic rings. The summed E-state index contributed by atoms with van der Waals surface area (Å²) in [5, 5.41) is 5.06. The summed E-state index contributed by atoms with van der Waals surface area (Å²) in [7, 11) is 0. The van der Waals surface area contributed by atoms with Crippen molar-refractivity contribution in [1.82, 2.24) is 24.8 Å². The van der Waals surface area contributed by atoms with E-state index in [9.17, 15) is 22.8 Å². The molecule has 0 aromatic carbocycles. The largest absolute Gasteiger partial charge is 0.418 e. The summed E-state index contributed by atoms with van der Waals surface area (Å²) in [5.41, 5.74) is -0.627. The van der Waals surface area contributed by atoms with Gasteiger partial charge >= 0.3 is 6.18 Å². The van der Waals surface area contributed by atoms with Crippen molar-refractivity contribution in [2.24, 2.45) is 0 Å². The molecule has 1 aliphatic heterocycles. The molecule has 0 radical (unpaired) electrons. The molecule has 13 heteroatoms. The second kappa shape index (κ2) is 9.10. The maximum Gasteiger partial charge on any atom is 0.418 e. The van der Waals surface area contributed by atoms with Gasteiger partial charge in [-0.25, -0.2) is 15.0 Å². The predicted molar refractivity (Wildman–Crippen MR) is 115 cm³/mol. The number of halogens is 4. The fourth-order valence-electron chi connectivity index (χ4n) is 3.42. The average molecular weight is 499 g/mol. The number of nitrogens with zero attached hydrogens (tertiary/aromatic N) is 4. The zero-order valence-corrected chi connectivity index (χ0v) is 18.8. The highest BCUT2D eigenvalue weighted by Crippen LogP contribution is 2.35. The number of imidazole rings is 1. The maximum absolute atomic E-state index is 13.0. The van der Waals surface area contributed by atoms with E-state index in [-0.39, 0.29) is 16.6 Å². The molecule has 8 nitrogen and oxygen atoms in total. The van der Waals surface area contributed by atoms with E-state index in [1.54, 1.807) is 13.1 Å². The Kier molecular flexibility index (Phi) is 6.39. The van der Waals surface area contributed by atoms with E-state index < -0.39 is 28.7 Å². The molecule has 33 heavy (non-hydrogen) atoms. The average Bonchev–Trinajstić information content (AvgIpc) is 3.42. The van der Waals surface area contributed by atoms with Crippen LogP contribution in [0.2, 0.25) is 5.02 Å². The third-order valence-corrected chi connectivity index (χ3v) is 6.55. The van der Waals surface area contributed by atoms with Gasteiger partial charge in [0.25, 0.3) is 11.8 Å². The molecule has 0 unspecified atom stereocenters. The van der Waals surface area contributed by atoms with E-state index in [1.165, 1.54) is 6.20 Å². The summed E-state index contributed by atoms with van der Waals surface area (Å²) in [6.45, 7) is 2.46. The van der Waals surface area contributed by atoms with Crippen LogP contribution in [0.1, 0.15) is 62.4 Å². The van der Waals surface area contributed by atoms with Crippen molar-refractivity contribution in [3.63, 3.8) is 0 Å². The fraction of sp³-hybridized carbons (Fsp3) is 0.350. The van der Waals surface area contributed by atoms with E-state index in [0.717, 1.165) is 49.2 Å². The van der Waals surface area contributed by atoms with Gasteiger partial charge in [-0.1, -0.05) is 11.6 Å². The number of aryl methyl sites for hydroxylation is 1. The third kappa shape index (κ3) is 5.01. The Labute approximate surface area is 195 Å². The lowest BCUT2D eigenvalue weighted by molar-refractivity contribution is -0.137. The van der Waals surface area contributed by atoms with Gasteiger partial charge in [0.05, 0.1) is 29.0 Å². The minimum absolute atomic E-state index is 0.151. The number of fused-ring (bicyclic) bond motifs is 1. The van der Waals surface area contributed by atoms with Crippen LogP contribution in [-0.4, -0.2) is 31.3 Å². The molecule has 1 atom stereocenters. The second-order valence-electron chi connectivity index (χ2n) is 7.43. The first-order valence-corrected chi connectivity index (χ1v) is 11.2. The SMILES string of the molecule is C[C@@H](NC(=O)c1cnc2n1CCCC2)c1ncc(C(=O)Nc2cc(C(F)(F)F)c(Cl)cn2)s1. The summed E-state index contributed by atoms with van der Waals surface area (Å²) >= 11 is 6.56. The first kappa shape index (κ1) is 23.2. The van der Waals surface area contributed by atoms with Crippen molar-refractivity contribution < 1.29 is 22.8 Å². The number of anilines is 1. The molecule has 0 saturated carbocycles. The van der Waals surface area contributed by atoms with E-state index in [2.05, 4.69) is 25.6 Å². The molecule has 2 N–H and O–H groups in total. The maximum atomic E-state index is 13.0. The Morgan fingerprint density at radius 1 is 1.15 bits per heavy atom. The molecule has 3 aromatic heterocycles. The van der Waals surface area contributed by atoms with Crippen LogP contribution >= 0.6 is 22.9 Å². The molecule has 0 saturated heterocycles. The van der Waals surface area contributed by atoms with Gasteiger partial charge in [0.2, 0.25) is 0 Å². The highest BCUT2D eigenvalue weighted by molar-refractivity contribution is 7.13. The van der Waals surface area contributed by atoms with Gasteiger partial charge in [0, 0.05) is 19.2 Å². The molecular formula is C20H18ClF3N6O2S. The van der Waals surface area contributed by atoms with E-state index in [1.807, 2.05) is 4.57 Å². The number of thiazole rings is 1. The number of hydrogen-bond donors (Lipinski definition) is 2. The van der Waals surface area contributed by atoms with Crippen LogP contribution in [0.25, 0.3) is 0 Å². The second-order valence-corrected chi connectivity index (χ2v) is 8.90. The van der Waals surface area contributed by atoms with E-state index >= 15 is 0 Å². The Morgan fingerprint density at radius 3 is 2.70 bits per heavy atom. The zero-order valence-electron chi connectivity index (χ0n) is 17.2. The Balaban J connectivity index is 1.43. The monoisotopic (exact) mass is 498 g/mol. The van der Waals surface area contributed by atoms with Crippen LogP contribution in [0.3, 0.4) is 0 Å². The summed E-state index contributed by atoms with van der Waals surface area (Å²) in [5.74, 6) is -0.380. The topological polar surface area (TPSA) is 102 Å². The number of carbonyl (C=O) groups excluding carboxylic acids is 2. The summed E-state index contributed by atoms with van der Waals surface area (Å²) in [4.78, 5) is 37.5. The number of pyridine rings is 1. The van der Waals surface area contributed by atoms with Gasteiger partial charge < -0.3 is 15.2 Å². The lowest BCUT2D eigenvalue weighted by Crippen LogP contribution is -2.29. The molecule has 174 valence electrons. The van der Waals surface area contributed by atoms with Crippen LogP contribution in [0.5, 0.6) is 0 Å². The molecule has 0 fully saturated rings. The van der Waals surface area contributed by atoms with Crippen molar-refractivity contribution in [3.8, 4) is 0 Å². The Hall–Kier alpha value is -2.99. The summed E-state index contributed by atoms with van der Waals surface area (Å²) in [6, 6.07) is 0.168. The summed E-state index contributed by atoms with van der Waals surface area (Å²) in [6.07, 6.45) is 1.85. The molecule has 4 heterocycles. The fourth-order valence-corrected chi connectivity index (χ4v) is 4.45. The van der Waals surface area contributed by atoms with Crippen LogP contribution in [-0.2, 0) is 19.1 Å². The van der Waals surface area contributed by atoms with Gasteiger partial charge in [-0.3, -0.25) is 9.59 Å². The minimum atomic E-state index is -4.68. The van der Waals surface area contributed by atoms with Crippen LogP contribution in [0.15, 0.2) is 24.7 Å². The van der Waals surface area contributed by atoms with Crippen molar-refractivity contribution >= 4 is 40.6 Å². The summed E-state index contributed by atoms with van der Waals surface area (Å²) < 4.78 is 40.9. The first-order valence-electron chi connectivity index (χ1n) is 9.98. The predicted octanol–water partition coefficient (Wildman–Crippen LogP) is 4.49. The number of nitrogens with one attached hydrogen (secondary N) is 2.